The Morgan fingerprint density at radius 1 is 1.36 bits per heavy atom. The minimum Gasteiger partial charge on any atom is -0.465 e. The first-order valence-corrected chi connectivity index (χ1v) is 6.78. The Balaban J connectivity index is 1.92. The van der Waals surface area contributed by atoms with E-state index >= 15 is 0 Å². The number of nitrogens with zero attached hydrogens (tertiary/aromatic N) is 2. The van der Waals surface area contributed by atoms with Crippen LogP contribution in [0.25, 0.3) is 0 Å². The Morgan fingerprint density at radius 3 is 2.95 bits per heavy atom. The van der Waals surface area contributed by atoms with Crippen LogP contribution in [0.2, 0.25) is 0 Å². The fourth-order valence-corrected chi connectivity index (χ4v) is 1.79. The van der Waals surface area contributed by atoms with Crippen molar-refractivity contribution in [3.63, 3.8) is 0 Å². The minimum atomic E-state index is -0.405. The molecule has 0 aliphatic heterocycles. The molecule has 0 unspecified atom stereocenters. The van der Waals surface area contributed by atoms with Gasteiger partial charge in [-0.15, -0.1) is 0 Å². The van der Waals surface area contributed by atoms with E-state index in [0.717, 1.165) is 5.56 Å². The van der Waals surface area contributed by atoms with Gasteiger partial charge in [-0.25, -0.2) is 4.79 Å². The van der Waals surface area contributed by atoms with Crippen molar-refractivity contribution in [2.24, 2.45) is 5.10 Å². The lowest BCUT2D eigenvalue weighted by molar-refractivity contribution is 0.0601. The van der Waals surface area contributed by atoms with Crippen LogP contribution in [0.1, 0.15) is 15.9 Å². The van der Waals surface area contributed by atoms with E-state index in [1.54, 1.807) is 42.9 Å². The number of esters is 1. The van der Waals surface area contributed by atoms with Gasteiger partial charge in [0.1, 0.15) is 0 Å². The smallest absolute Gasteiger partial charge is 0.337 e. The first kappa shape index (κ1) is 15.6. The van der Waals surface area contributed by atoms with Gasteiger partial charge in [0.05, 0.1) is 18.9 Å². The van der Waals surface area contributed by atoms with Gasteiger partial charge in [-0.05, 0) is 36.5 Å². The number of aromatic nitrogens is 1. The molecule has 0 aliphatic rings. The van der Waals surface area contributed by atoms with E-state index in [4.69, 9.17) is 12.2 Å². The third-order valence-electron chi connectivity index (χ3n) is 2.61. The quantitative estimate of drug-likeness (QED) is 0.390. The van der Waals surface area contributed by atoms with E-state index in [9.17, 15) is 4.79 Å². The second-order valence-electron chi connectivity index (χ2n) is 4.18. The molecule has 0 bridgehead atoms. The number of hydrazone groups is 1. The number of carbonyl (C=O) groups is 1. The molecule has 0 amide bonds. The topological polar surface area (TPSA) is 75.6 Å². The maximum Gasteiger partial charge on any atom is 0.337 e. The van der Waals surface area contributed by atoms with Gasteiger partial charge in [0.25, 0.3) is 0 Å². The molecule has 112 valence electrons. The molecule has 0 fully saturated rings. The molecular formula is C15H14N4O2S. The number of methoxy groups -OCH3 is 1. The lowest BCUT2D eigenvalue weighted by Crippen LogP contribution is -2.24. The van der Waals surface area contributed by atoms with E-state index in [1.807, 2.05) is 12.1 Å². The van der Waals surface area contributed by atoms with Crippen LogP contribution in [-0.2, 0) is 4.74 Å². The van der Waals surface area contributed by atoms with Gasteiger partial charge < -0.3 is 10.1 Å². The van der Waals surface area contributed by atoms with E-state index in [0.29, 0.717) is 16.4 Å². The number of pyridine rings is 1. The standard InChI is InChI=1S/C15H14N4O2S/c1-21-14(20)12-5-2-6-13(8-12)18-15(22)19-17-10-11-4-3-7-16-9-11/h2-10H,1H3,(H2,18,19,22). The van der Waals surface area contributed by atoms with E-state index in [1.165, 1.54) is 7.11 Å². The van der Waals surface area contributed by atoms with E-state index in [-0.39, 0.29) is 0 Å². The normalized spacial score (nSPS) is 10.2. The second kappa shape index (κ2) is 7.84. The molecule has 0 aliphatic carbocycles. The summed E-state index contributed by atoms with van der Waals surface area (Å²) in [6, 6.07) is 10.5. The zero-order chi connectivity index (χ0) is 15.8. The van der Waals surface area contributed by atoms with Gasteiger partial charge in [-0.2, -0.15) is 5.10 Å². The first-order valence-electron chi connectivity index (χ1n) is 6.37. The molecule has 2 rings (SSSR count). The number of anilines is 1. The minimum absolute atomic E-state index is 0.308. The summed E-state index contributed by atoms with van der Waals surface area (Å²) >= 11 is 5.12. The van der Waals surface area contributed by atoms with Crippen LogP contribution in [0.4, 0.5) is 5.69 Å². The molecule has 0 atom stereocenters. The molecule has 2 aromatic rings. The highest BCUT2D eigenvalue weighted by molar-refractivity contribution is 7.80. The molecule has 0 radical (unpaired) electrons. The van der Waals surface area contributed by atoms with Crippen molar-refractivity contribution in [3.8, 4) is 0 Å². The zero-order valence-corrected chi connectivity index (χ0v) is 12.6. The van der Waals surface area contributed by atoms with E-state index in [2.05, 4.69) is 25.6 Å². The third kappa shape index (κ3) is 4.64. The molecule has 2 N–H and O–H groups in total. The van der Waals surface area contributed by atoms with Crippen LogP contribution in [-0.4, -0.2) is 29.4 Å². The fourth-order valence-electron chi connectivity index (χ4n) is 1.62. The summed E-state index contributed by atoms with van der Waals surface area (Å²) in [4.78, 5) is 15.4. The number of hydrogen-bond acceptors (Lipinski definition) is 5. The molecule has 0 spiro atoms. The van der Waals surface area contributed by atoms with Gasteiger partial charge in [0.15, 0.2) is 5.11 Å². The number of carbonyl (C=O) groups excluding carboxylic acids is 1. The highest BCUT2D eigenvalue weighted by Gasteiger charge is 2.05. The monoisotopic (exact) mass is 314 g/mol. The molecule has 22 heavy (non-hydrogen) atoms. The summed E-state index contributed by atoms with van der Waals surface area (Å²) in [5, 5.41) is 7.24. The zero-order valence-electron chi connectivity index (χ0n) is 11.8. The van der Waals surface area contributed by atoms with Crippen molar-refractivity contribution >= 4 is 35.2 Å². The molecule has 6 nitrogen and oxygen atoms in total. The number of nitrogens with one attached hydrogen (secondary N) is 2. The first-order chi connectivity index (χ1) is 10.7. The van der Waals surface area contributed by atoms with E-state index < -0.39 is 5.97 Å². The van der Waals surface area contributed by atoms with Gasteiger partial charge in [-0.3, -0.25) is 10.4 Å². The average molecular weight is 314 g/mol. The number of rotatable bonds is 4. The average Bonchev–Trinajstić information content (AvgIpc) is 2.55. The van der Waals surface area contributed by atoms with Crippen molar-refractivity contribution in [1.82, 2.24) is 10.4 Å². The largest absolute Gasteiger partial charge is 0.465 e. The third-order valence-corrected chi connectivity index (χ3v) is 2.80. The van der Waals surface area contributed by atoms with Crippen molar-refractivity contribution in [2.75, 3.05) is 12.4 Å². The number of benzene rings is 1. The summed E-state index contributed by atoms with van der Waals surface area (Å²) in [7, 11) is 1.34. The Labute approximate surface area is 133 Å². The van der Waals surface area contributed by atoms with Crippen LogP contribution in [0.15, 0.2) is 53.9 Å². The molecular weight excluding hydrogens is 300 g/mol. The molecule has 1 aromatic carbocycles. The number of ether oxygens (including phenoxy) is 1. The predicted molar refractivity (Wildman–Crippen MR) is 89.0 cm³/mol. The Bertz CT molecular complexity index is 689. The maximum atomic E-state index is 11.5. The predicted octanol–water partition coefficient (Wildman–Crippen LogP) is 2.19. The SMILES string of the molecule is COC(=O)c1cccc(NC(=S)NN=Cc2cccnc2)c1. The van der Waals surface area contributed by atoms with Crippen LogP contribution in [0.3, 0.4) is 0 Å². The van der Waals surface area contributed by atoms with Gasteiger partial charge in [0, 0.05) is 23.6 Å². The molecule has 7 heteroatoms. The summed E-state index contributed by atoms with van der Waals surface area (Å²) in [6.45, 7) is 0. The summed E-state index contributed by atoms with van der Waals surface area (Å²) in [5.74, 6) is -0.405. The lowest BCUT2D eigenvalue weighted by atomic mass is 10.2. The Morgan fingerprint density at radius 2 is 2.23 bits per heavy atom. The van der Waals surface area contributed by atoms with Crippen molar-refractivity contribution in [1.29, 1.82) is 0 Å². The van der Waals surface area contributed by atoms with Gasteiger partial charge in [-0.1, -0.05) is 12.1 Å². The maximum absolute atomic E-state index is 11.5. The highest BCUT2D eigenvalue weighted by Crippen LogP contribution is 2.11. The van der Waals surface area contributed by atoms with Gasteiger partial charge in [0.2, 0.25) is 0 Å². The van der Waals surface area contributed by atoms with Crippen LogP contribution >= 0.6 is 12.2 Å². The number of thiocarbonyl (C=S) groups is 1. The van der Waals surface area contributed by atoms with Crippen molar-refractivity contribution in [2.45, 2.75) is 0 Å². The van der Waals surface area contributed by atoms with Crippen LogP contribution in [0, 0.1) is 0 Å². The molecule has 0 saturated carbocycles. The van der Waals surface area contributed by atoms with Crippen LogP contribution < -0.4 is 10.7 Å². The Hall–Kier alpha value is -2.80. The number of hydrogen-bond donors (Lipinski definition) is 2. The van der Waals surface area contributed by atoms with Crippen LogP contribution in [0.5, 0.6) is 0 Å². The molecule has 1 heterocycles. The summed E-state index contributed by atoms with van der Waals surface area (Å²) < 4.78 is 4.67. The molecule has 0 saturated heterocycles. The summed E-state index contributed by atoms with van der Waals surface area (Å²) in [5.41, 5.74) is 4.64. The van der Waals surface area contributed by atoms with Crippen molar-refractivity contribution in [3.05, 3.63) is 59.9 Å². The molecule has 1 aromatic heterocycles. The van der Waals surface area contributed by atoms with Gasteiger partial charge >= 0.3 is 5.97 Å². The Kier molecular flexibility index (Phi) is 5.56. The second-order valence-corrected chi connectivity index (χ2v) is 4.59. The highest BCUT2D eigenvalue weighted by atomic mass is 32.1. The summed E-state index contributed by atoms with van der Waals surface area (Å²) in [6.07, 6.45) is 4.97. The lowest BCUT2D eigenvalue weighted by Gasteiger charge is -2.08. The fraction of sp³-hybridized carbons (Fsp3) is 0.0667. The van der Waals surface area contributed by atoms with Crippen molar-refractivity contribution < 1.29 is 9.53 Å².